The van der Waals surface area contributed by atoms with E-state index in [0.717, 1.165) is 12.2 Å². The van der Waals surface area contributed by atoms with Gasteiger partial charge in [0.1, 0.15) is 35.0 Å². The van der Waals surface area contributed by atoms with Crippen LogP contribution in [-0.2, 0) is 34.5 Å². The molecule has 2 N–H and O–H groups in total. The average molecular weight is 520 g/mol. The van der Waals surface area contributed by atoms with Gasteiger partial charge in [-0.15, -0.1) is 0 Å². The van der Waals surface area contributed by atoms with Crippen molar-refractivity contribution in [3.8, 4) is 11.8 Å². The predicted molar refractivity (Wildman–Crippen MR) is 134 cm³/mol. The number of carbonyl (C=O) groups excluding carboxylic acids is 2. The highest BCUT2D eigenvalue weighted by Gasteiger charge is 2.31. The zero-order chi connectivity index (χ0) is 27.3. The molecule has 12 heteroatoms. The maximum absolute atomic E-state index is 15.3. The molecule has 194 valence electrons. The summed E-state index contributed by atoms with van der Waals surface area (Å²) in [6.07, 6.45) is 3.50. The molecule has 4 heterocycles. The fraction of sp³-hybridized carbons (Fsp3) is 0.269. The van der Waals surface area contributed by atoms with Crippen molar-refractivity contribution in [2.24, 2.45) is 7.05 Å². The Morgan fingerprint density at radius 2 is 1.95 bits per heavy atom. The highest BCUT2D eigenvalue weighted by Crippen LogP contribution is 2.33. The number of halogens is 2. The van der Waals surface area contributed by atoms with Crippen LogP contribution < -0.4 is 5.73 Å². The van der Waals surface area contributed by atoms with Crippen molar-refractivity contribution in [3.63, 3.8) is 0 Å². The number of carbonyl (C=O) groups is 2. The molecule has 4 aromatic rings. The third-order valence-corrected chi connectivity index (χ3v) is 6.73. The molecular weight excluding hydrogens is 496 g/mol. The summed E-state index contributed by atoms with van der Waals surface area (Å²) in [7, 11) is 2.89. The number of methoxy groups -OCH3 is 1. The predicted octanol–water partition coefficient (Wildman–Crippen LogP) is 2.35. The Kier molecular flexibility index (Phi) is 6.06. The Hall–Kier alpha value is -4.79. The number of nitrogens with zero attached hydrogens (tertiary/aromatic N) is 6. The van der Waals surface area contributed by atoms with Gasteiger partial charge in [0.15, 0.2) is 5.82 Å². The minimum absolute atomic E-state index is 0.0188. The standard InChI is InChI=1S/C26H23F2N7O3/c1-13-10-35-19(11-34(13)20(36)7-8-21(37)38-4)16(22-25(29)30-12-31-26(22)35)6-5-15-17(27)9-18-24(23(15)28)32-14(2)33(18)3/h7-9,12-13H,10-11H2,1-4H3,(H2,29,30,31)/b8-7+/t13-/m1/s1. The van der Waals surface area contributed by atoms with Gasteiger partial charge in [-0.1, -0.05) is 11.8 Å². The Morgan fingerprint density at radius 3 is 2.68 bits per heavy atom. The van der Waals surface area contributed by atoms with Crippen molar-refractivity contribution < 1.29 is 23.1 Å². The molecule has 1 amide bonds. The summed E-state index contributed by atoms with van der Waals surface area (Å²) in [6.45, 7) is 3.99. The minimum atomic E-state index is -0.865. The fourth-order valence-electron chi connectivity index (χ4n) is 4.62. The number of benzene rings is 1. The molecule has 0 bridgehead atoms. The monoisotopic (exact) mass is 519 g/mol. The first-order valence-corrected chi connectivity index (χ1v) is 11.6. The van der Waals surface area contributed by atoms with Crippen LogP contribution in [0.5, 0.6) is 0 Å². The van der Waals surface area contributed by atoms with E-state index in [1.54, 1.807) is 23.4 Å². The van der Waals surface area contributed by atoms with Crippen molar-refractivity contribution in [1.29, 1.82) is 0 Å². The maximum atomic E-state index is 15.3. The van der Waals surface area contributed by atoms with Crippen molar-refractivity contribution in [1.82, 2.24) is 29.0 Å². The van der Waals surface area contributed by atoms with Gasteiger partial charge in [0.25, 0.3) is 0 Å². The third kappa shape index (κ3) is 3.92. The molecule has 0 spiro atoms. The van der Waals surface area contributed by atoms with E-state index in [1.807, 2.05) is 11.5 Å². The Bertz CT molecular complexity index is 1740. The molecule has 0 radical (unpaired) electrons. The number of rotatable bonds is 2. The van der Waals surface area contributed by atoms with E-state index in [9.17, 15) is 14.0 Å². The molecule has 1 aromatic carbocycles. The zero-order valence-electron chi connectivity index (χ0n) is 21.0. The number of ether oxygens (including phenoxy) is 1. The molecule has 38 heavy (non-hydrogen) atoms. The van der Waals surface area contributed by atoms with Gasteiger partial charge in [-0.05, 0) is 13.8 Å². The molecule has 0 unspecified atom stereocenters. The first kappa shape index (κ1) is 24.9. The summed E-state index contributed by atoms with van der Waals surface area (Å²) in [6, 6.07) is 0.928. The molecule has 0 aliphatic carbocycles. The van der Waals surface area contributed by atoms with Crippen molar-refractivity contribution in [3.05, 3.63) is 58.8 Å². The highest BCUT2D eigenvalue weighted by atomic mass is 19.1. The fourth-order valence-corrected chi connectivity index (χ4v) is 4.62. The largest absolute Gasteiger partial charge is 0.466 e. The lowest BCUT2D eigenvalue weighted by Gasteiger charge is -2.34. The molecule has 10 nitrogen and oxygen atoms in total. The number of aromatic nitrogens is 5. The lowest BCUT2D eigenvalue weighted by Crippen LogP contribution is -2.44. The Balaban J connectivity index is 1.65. The number of fused-ring (bicyclic) bond motifs is 4. The Labute approximate surface area is 215 Å². The van der Waals surface area contributed by atoms with E-state index in [0.29, 0.717) is 40.2 Å². The van der Waals surface area contributed by atoms with Crippen LogP contribution in [0.4, 0.5) is 14.6 Å². The Morgan fingerprint density at radius 1 is 1.21 bits per heavy atom. The van der Waals surface area contributed by atoms with E-state index >= 15 is 4.39 Å². The number of anilines is 1. The summed E-state index contributed by atoms with van der Waals surface area (Å²) in [5, 5.41) is 0.428. The lowest BCUT2D eigenvalue weighted by molar-refractivity contribution is -0.135. The number of nitrogen functional groups attached to an aromatic ring is 1. The molecule has 1 atom stereocenters. The molecule has 3 aromatic heterocycles. The van der Waals surface area contributed by atoms with E-state index in [4.69, 9.17) is 5.73 Å². The second kappa shape index (κ2) is 9.26. The first-order chi connectivity index (χ1) is 18.1. The van der Waals surface area contributed by atoms with Gasteiger partial charge < -0.3 is 24.5 Å². The summed E-state index contributed by atoms with van der Waals surface area (Å²) >= 11 is 0. The SMILES string of the molecule is COC(=O)/C=C/C(=O)N1Cc2c(C#Cc3c(F)cc4c(nc(C)n4C)c3F)c3c(N)ncnc3n2C[C@H]1C. The van der Waals surface area contributed by atoms with Gasteiger partial charge in [0.05, 0.1) is 41.4 Å². The van der Waals surface area contributed by atoms with Crippen LogP contribution >= 0.6 is 0 Å². The number of nitrogens with two attached hydrogens (primary N) is 1. The molecule has 1 aliphatic rings. The highest BCUT2D eigenvalue weighted by molar-refractivity contribution is 5.96. The number of esters is 1. The lowest BCUT2D eigenvalue weighted by atomic mass is 10.1. The molecule has 0 fully saturated rings. The maximum Gasteiger partial charge on any atom is 0.330 e. The van der Waals surface area contributed by atoms with Crippen LogP contribution in [0.25, 0.3) is 22.1 Å². The topological polar surface area (TPSA) is 121 Å². The smallest absolute Gasteiger partial charge is 0.330 e. The van der Waals surface area contributed by atoms with Crippen molar-refractivity contribution in [2.45, 2.75) is 33.0 Å². The summed E-state index contributed by atoms with van der Waals surface area (Å²) in [4.78, 5) is 38.5. The molecule has 5 rings (SSSR count). The first-order valence-electron chi connectivity index (χ1n) is 11.6. The van der Waals surface area contributed by atoms with Gasteiger partial charge >= 0.3 is 5.97 Å². The summed E-state index contributed by atoms with van der Waals surface area (Å²) in [5.41, 5.74) is 7.51. The molecule has 0 saturated carbocycles. The second-order valence-corrected chi connectivity index (χ2v) is 8.94. The number of aryl methyl sites for hydroxylation is 2. The number of amides is 1. The van der Waals surface area contributed by atoms with Crippen molar-refractivity contribution >= 4 is 39.8 Å². The average Bonchev–Trinajstić information content (AvgIpc) is 3.35. The van der Waals surface area contributed by atoms with E-state index in [2.05, 4.69) is 31.5 Å². The zero-order valence-corrected chi connectivity index (χ0v) is 21.0. The number of hydrogen-bond acceptors (Lipinski definition) is 7. The third-order valence-electron chi connectivity index (χ3n) is 6.73. The number of hydrogen-bond donors (Lipinski definition) is 1. The van der Waals surface area contributed by atoms with E-state index in [1.165, 1.54) is 19.5 Å². The quantitative estimate of drug-likeness (QED) is 0.245. The van der Waals surface area contributed by atoms with Gasteiger partial charge in [-0.3, -0.25) is 4.79 Å². The van der Waals surface area contributed by atoms with Crippen LogP contribution in [0, 0.1) is 30.4 Å². The normalized spacial score (nSPS) is 15.1. The van der Waals surface area contributed by atoms with E-state index in [-0.39, 0.29) is 23.9 Å². The van der Waals surface area contributed by atoms with Crippen LogP contribution in [0.15, 0.2) is 24.5 Å². The minimum Gasteiger partial charge on any atom is -0.466 e. The van der Waals surface area contributed by atoms with Gasteiger partial charge in [-0.25, -0.2) is 28.5 Å². The summed E-state index contributed by atoms with van der Waals surface area (Å²) in [5.74, 6) is 3.42. The van der Waals surface area contributed by atoms with Gasteiger partial charge in [-0.2, -0.15) is 0 Å². The van der Waals surface area contributed by atoms with Crippen molar-refractivity contribution in [2.75, 3.05) is 12.8 Å². The van der Waals surface area contributed by atoms with Gasteiger partial charge in [0.2, 0.25) is 5.91 Å². The van der Waals surface area contributed by atoms with Crippen LogP contribution in [0.2, 0.25) is 0 Å². The number of imidazole rings is 1. The molecule has 0 saturated heterocycles. The summed E-state index contributed by atoms with van der Waals surface area (Å²) < 4.78 is 38.3. The van der Waals surface area contributed by atoms with Gasteiger partial charge in [0, 0.05) is 37.9 Å². The second-order valence-electron chi connectivity index (χ2n) is 8.94. The van der Waals surface area contributed by atoms with E-state index < -0.39 is 29.1 Å². The molecule has 1 aliphatic heterocycles. The van der Waals surface area contributed by atoms with Crippen LogP contribution in [0.1, 0.15) is 29.6 Å². The van der Waals surface area contributed by atoms with Crippen LogP contribution in [-0.4, -0.2) is 54.0 Å². The van der Waals surface area contributed by atoms with Crippen LogP contribution in [0.3, 0.4) is 0 Å². The molecular formula is C26H23F2N7O3.